The van der Waals surface area contributed by atoms with Crippen LogP contribution >= 0.6 is 0 Å². The van der Waals surface area contributed by atoms with Crippen LogP contribution in [0.5, 0.6) is 5.75 Å². The molecule has 9 heteroatoms. The van der Waals surface area contributed by atoms with E-state index in [0.29, 0.717) is 24.5 Å². The highest BCUT2D eigenvalue weighted by molar-refractivity contribution is 7.92. The standard InChI is InChI=1S/C35H45N3O5S/c1-5-33(35(40)36-29-10-8-7-9-11-29)37(24-28-16-12-26(3)13-17-28)34(39)25-38(30-18-14-27(4)15-19-30)44(41,42)32-22-20-31(21-23-32)43-6-2/h12-23,29,33H,5-11,24-25H2,1-4H3,(H,36,40)/t33-/m0/s1. The van der Waals surface area contributed by atoms with Gasteiger partial charge < -0.3 is 15.0 Å². The Morgan fingerprint density at radius 1 is 0.864 bits per heavy atom. The number of nitrogens with one attached hydrogen (secondary N) is 1. The zero-order chi connectivity index (χ0) is 31.7. The first-order chi connectivity index (χ1) is 21.1. The third-order valence-electron chi connectivity index (χ3n) is 8.13. The summed E-state index contributed by atoms with van der Waals surface area (Å²) in [5, 5.41) is 3.19. The quantitative estimate of drug-likeness (QED) is 0.248. The van der Waals surface area contributed by atoms with Crippen molar-refractivity contribution in [1.29, 1.82) is 0 Å². The van der Waals surface area contributed by atoms with Crippen LogP contribution in [0.4, 0.5) is 5.69 Å². The van der Waals surface area contributed by atoms with E-state index in [1.807, 2.05) is 64.1 Å². The van der Waals surface area contributed by atoms with E-state index in [1.54, 1.807) is 24.3 Å². The van der Waals surface area contributed by atoms with Gasteiger partial charge in [0.25, 0.3) is 10.0 Å². The molecule has 0 saturated heterocycles. The number of benzene rings is 3. The van der Waals surface area contributed by atoms with Crippen LogP contribution in [0.15, 0.2) is 77.7 Å². The maximum atomic E-state index is 14.3. The normalized spacial score (nSPS) is 14.5. The molecule has 3 aromatic rings. The van der Waals surface area contributed by atoms with Crippen molar-refractivity contribution in [2.45, 2.75) is 89.7 Å². The molecule has 1 atom stereocenters. The monoisotopic (exact) mass is 619 g/mol. The van der Waals surface area contributed by atoms with E-state index in [2.05, 4.69) is 5.32 Å². The topological polar surface area (TPSA) is 96.0 Å². The number of aryl methyl sites for hydroxylation is 2. The molecule has 1 fully saturated rings. The number of nitrogens with zero attached hydrogens (tertiary/aromatic N) is 2. The molecule has 1 saturated carbocycles. The largest absolute Gasteiger partial charge is 0.494 e. The van der Waals surface area contributed by atoms with Crippen molar-refractivity contribution in [1.82, 2.24) is 10.2 Å². The molecular formula is C35H45N3O5S. The molecule has 0 heterocycles. The maximum absolute atomic E-state index is 14.3. The lowest BCUT2D eigenvalue weighted by atomic mass is 9.95. The number of sulfonamides is 1. The predicted octanol–water partition coefficient (Wildman–Crippen LogP) is 6.15. The van der Waals surface area contributed by atoms with Gasteiger partial charge in [-0.15, -0.1) is 0 Å². The Morgan fingerprint density at radius 2 is 1.45 bits per heavy atom. The Balaban J connectivity index is 1.69. The number of amides is 2. The summed E-state index contributed by atoms with van der Waals surface area (Å²) in [6.07, 6.45) is 5.56. The van der Waals surface area contributed by atoms with E-state index in [9.17, 15) is 18.0 Å². The number of anilines is 1. The third-order valence-corrected chi connectivity index (χ3v) is 9.92. The van der Waals surface area contributed by atoms with Gasteiger partial charge in [-0.25, -0.2) is 8.42 Å². The van der Waals surface area contributed by atoms with Gasteiger partial charge in [-0.05, 0) is 82.0 Å². The molecule has 0 bridgehead atoms. The number of rotatable bonds is 13. The maximum Gasteiger partial charge on any atom is 0.264 e. The Bertz CT molecular complexity index is 1480. The fourth-order valence-electron chi connectivity index (χ4n) is 5.60. The van der Waals surface area contributed by atoms with Crippen LogP contribution in [0.1, 0.15) is 69.1 Å². The van der Waals surface area contributed by atoms with E-state index >= 15 is 0 Å². The zero-order valence-corrected chi connectivity index (χ0v) is 27.1. The van der Waals surface area contributed by atoms with Gasteiger partial charge in [-0.3, -0.25) is 13.9 Å². The lowest BCUT2D eigenvalue weighted by Crippen LogP contribution is -2.54. The second-order valence-electron chi connectivity index (χ2n) is 11.5. The second-order valence-corrected chi connectivity index (χ2v) is 13.4. The van der Waals surface area contributed by atoms with Crippen molar-refractivity contribution in [3.63, 3.8) is 0 Å². The van der Waals surface area contributed by atoms with Gasteiger partial charge in [-0.2, -0.15) is 0 Å². The highest BCUT2D eigenvalue weighted by atomic mass is 32.2. The van der Waals surface area contributed by atoms with Crippen molar-refractivity contribution in [3.8, 4) is 5.75 Å². The zero-order valence-electron chi connectivity index (χ0n) is 26.3. The molecule has 0 radical (unpaired) electrons. The summed E-state index contributed by atoms with van der Waals surface area (Å²) in [6.45, 7) is 7.83. The second kappa shape index (κ2) is 15.2. The summed E-state index contributed by atoms with van der Waals surface area (Å²) in [5.74, 6) is -0.0918. The summed E-state index contributed by atoms with van der Waals surface area (Å²) in [7, 11) is -4.15. The Labute approximate surface area is 262 Å². The number of hydrogen-bond acceptors (Lipinski definition) is 5. The van der Waals surface area contributed by atoms with Crippen LogP contribution in [0.2, 0.25) is 0 Å². The van der Waals surface area contributed by atoms with Crippen LogP contribution in [-0.2, 0) is 26.2 Å². The molecule has 3 aromatic carbocycles. The lowest BCUT2D eigenvalue weighted by Gasteiger charge is -2.34. The first-order valence-electron chi connectivity index (χ1n) is 15.6. The van der Waals surface area contributed by atoms with Gasteiger partial charge in [0, 0.05) is 12.6 Å². The van der Waals surface area contributed by atoms with Crippen molar-refractivity contribution >= 4 is 27.5 Å². The first kappa shape index (κ1) is 33.1. The van der Waals surface area contributed by atoms with Gasteiger partial charge in [-0.1, -0.05) is 73.7 Å². The smallest absolute Gasteiger partial charge is 0.264 e. The number of ether oxygens (including phenoxy) is 1. The molecule has 0 unspecified atom stereocenters. The van der Waals surface area contributed by atoms with Gasteiger partial charge >= 0.3 is 0 Å². The summed E-state index contributed by atoms with van der Waals surface area (Å²) in [4.78, 5) is 29.6. The minimum atomic E-state index is -4.15. The summed E-state index contributed by atoms with van der Waals surface area (Å²) in [6, 6.07) is 20.4. The van der Waals surface area contributed by atoms with E-state index in [0.717, 1.165) is 46.7 Å². The fraction of sp³-hybridized carbons (Fsp3) is 0.429. The molecule has 1 N–H and O–H groups in total. The highest BCUT2D eigenvalue weighted by Crippen LogP contribution is 2.27. The van der Waals surface area contributed by atoms with Crippen molar-refractivity contribution < 1.29 is 22.7 Å². The van der Waals surface area contributed by atoms with Crippen LogP contribution in [-0.4, -0.2) is 50.4 Å². The minimum Gasteiger partial charge on any atom is -0.494 e. The van der Waals surface area contributed by atoms with E-state index < -0.39 is 28.5 Å². The molecule has 4 rings (SSSR count). The summed E-state index contributed by atoms with van der Waals surface area (Å²) < 4.78 is 34.9. The molecule has 1 aliphatic carbocycles. The van der Waals surface area contributed by atoms with E-state index in [-0.39, 0.29) is 23.4 Å². The SMILES string of the molecule is CCOc1ccc(S(=O)(=O)N(CC(=O)N(Cc2ccc(C)cc2)[C@@H](CC)C(=O)NC2CCCCC2)c2ccc(C)cc2)cc1. The van der Waals surface area contributed by atoms with E-state index in [4.69, 9.17) is 4.74 Å². The average molecular weight is 620 g/mol. The number of carbonyl (C=O) groups is 2. The average Bonchev–Trinajstić information content (AvgIpc) is 3.02. The Kier molecular flexibility index (Phi) is 11.4. The molecular weight excluding hydrogens is 574 g/mol. The van der Waals surface area contributed by atoms with Crippen LogP contribution < -0.4 is 14.4 Å². The van der Waals surface area contributed by atoms with Crippen molar-refractivity contribution in [3.05, 3.63) is 89.5 Å². The molecule has 2 amide bonds. The van der Waals surface area contributed by atoms with Gasteiger partial charge in [0.1, 0.15) is 18.3 Å². The number of carbonyl (C=O) groups excluding carboxylic acids is 2. The Hall–Kier alpha value is -3.85. The Morgan fingerprint density at radius 3 is 2.02 bits per heavy atom. The molecule has 0 aromatic heterocycles. The van der Waals surface area contributed by atoms with Crippen molar-refractivity contribution in [2.75, 3.05) is 17.5 Å². The highest BCUT2D eigenvalue weighted by Gasteiger charge is 2.34. The van der Waals surface area contributed by atoms with Gasteiger partial charge in [0.2, 0.25) is 11.8 Å². The number of hydrogen-bond donors (Lipinski definition) is 1. The van der Waals surface area contributed by atoms with Crippen molar-refractivity contribution in [2.24, 2.45) is 0 Å². The molecule has 44 heavy (non-hydrogen) atoms. The van der Waals surface area contributed by atoms with Gasteiger partial charge in [0.05, 0.1) is 17.2 Å². The predicted molar refractivity (Wildman–Crippen MR) is 174 cm³/mol. The summed E-state index contributed by atoms with van der Waals surface area (Å²) >= 11 is 0. The van der Waals surface area contributed by atoms with Crippen LogP contribution in [0.25, 0.3) is 0 Å². The minimum absolute atomic E-state index is 0.0431. The molecule has 0 spiro atoms. The fourth-order valence-corrected chi connectivity index (χ4v) is 7.01. The van der Waals surface area contributed by atoms with E-state index in [1.165, 1.54) is 23.5 Å². The molecule has 8 nitrogen and oxygen atoms in total. The lowest BCUT2D eigenvalue weighted by molar-refractivity contribution is -0.140. The first-order valence-corrected chi connectivity index (χ1v) is 17.0. The van der Waals surface area contributed by atoms with Crippen LogP contribution in [0, 0.1) is 13.8 Å². The molecule has 1 aliphatic rings. The van der Waals surface area contributed by atoms with Gasteiger partial charge in [0.15, 0.2) is 0 Å². The molecule has 0 aliphatic heterocycles. The van der Waals surface area contributed by atoms with Crippen LogP contribution in [0.3, 0.4) is 0 Å². The molecule has 236 valence electrons. The third kappa shape index (κ3) is 8.40. The summed E-state index contributed by atoms with van der Waals surface area (Å²) in [5.41, 5.74) is 3.28.